The van der Waals surface area contributed by atoms with E-state index in [-0.39, 0.29) is 12.1 Å². The summed E-state index contributed by atoms with van der Waals surface area (Å²) in [7, 11) is 0. The molecule has 6 nitrogen and oxygen atoms in total. The number of nitrogens with one attached hydrogen (secondary N) is 1. The zero-order valence-corrected chi connectivity index (χ0v) is 13.7. The molecule has 1 atom stereocenters. The van der Waals surface area contributed by atoms with Crippen molar-refractivity contribution in [2.45, 2.75) is 18.5 Å². The highest BCUT2D eigenvalue weighted by Gasteiger charge is 2.54. The van der Waals surface area contributed by atoms with Crippen LogP contribution in [0.25, 0.3) is 0 Å². The van der Waals surface area contributed by atoms with E-state index in [0.29, 0.717) is 29.9 Å². The van der Waals surface area contributed by atoms with E-state index in [0.717, 1.165) is 11.0 Å². The van der Waals surface area contributed by atoms with Crippen LogP contribution in [0.3, 0.4) is 0 Å². The van der Waals surface area contributed by atoms with Crippen LogP contribution in [0.15, 0.2) is 42.5 Å². The number of nitriles is 1. The Morgan fingerprint density at radius 2 is 2.08 bits per heavy atom. The minimum absolute atomic E-state index is 0.0962. The van der Waals surface area contributed by atoms with E-state index in [4.69, 9.17) is 4.74 Å². The molecule has 1 saturated heterocycles. The molecule has 1 fully saturated rings. The van der Waals surface area contributed by atoms with Gasteiger partial charge in [0.2, 0.25) is 0 Å². The second kappa shape index (κ2) is 5.85. The lowest BCUT2D eigenvalue weighted by Crippen LogP contribution is -2.47. The van der Waals surface area contributed by atoms with Crippen LogP contribution in [0.2, 0.25) is 0 Å². The summed E-state index contributed by atoms with van der Waals surface area (Å²) in [5, 5.41) is 12.0. The molecule has 3 amide bonds. The molecule has 0 aliphatic carbocycles. The molecule has 0 saturated carbocycles. The third kappa shape index (κ3) is 2.30. The predicted octanol–water partition coefficient (Wildman–Crippen LogP) is 2.43. The Hall–Kier alpha value is -3.40. The van der Waals surface area contributed by atoms with Crippen LogP contribution in [0.4, 0.5) is 9.18 Å². The van der Waals surface area contributed by atoms with Gasteiger partial charge in [-0.3, -0.25) is 9.69 Å². The molecule has 0 radical (unpaired) electrons. The van der Waals surface area contributed by atoms with Gasteiger partial charge in [-0.25, -0.2) is 9.18 Å². The molecule has 2 aromatic rings. The highest BCUT2D eigenvalue weighted by molar-refractivity contribution is 6.07. The molecule has 7 heteroatoms. The molecular formula is C19H14FN3O3. The molecule has 2 aliphatic rings. The van der Waals surface area contributed by atoms with Crippen LogP contribution in [-0.2, 0) is 16.9 Å². The fraction of sp³-hybridized carbons (Fsp3) is 0.211. The van der Waals surface area contributed by atoms with Gasteiger partial charge in [0, 0.05) is 12.0 Å². The Balaban J connectivity index is 1.71. The van der Waals surface area contributed by atoms with Crippen LogP contribution in [0.5, 0.6) is 5.75 Å². The van der Waals surface area contributed by atoms with Gasteiger partial charge >= 0.3 is 6.03 Å². The number of fused-ring (bicyclic) bond motifs is 2. The van der Waals surface area contributed by atoms with Crippen molar-refractivity contribution >= 4 is 11.9 Å². The lowest BCUT2D eigenvalue weighted by atomic mass is 9.84. The van der Waals surface area contributed by atoms with Gasteiger partial charge < -0.3 is 10.1 Å². The normalized spacial score (nSPS) is 21.2. The smallest absolute Gasteiger partial charge is 0.325 e. The van der Waals surface area contributed by atoms with E-state index in [9.17, 15) is 19.2 Å². The number of benzene rings is 2. The number of amides is 3. The van der Waals surface area contributed by atoms with Crippen molar-refractivity contribution in [2.75, 3.05) is 6.61 Å². The summed E-state index contributed by atoms with van der Waals surface area (Å²) < 4.78 is 18.9. The summed E-state index contributed by atoms with van der Waals surface area (Å²) in [6.07, 6.45) is 0.319. The number of ether oxygens (including phenoxy) is 1. The highest BCUT2D eigenvalue weighted by atomic mass is 19.1. The zero-order valence-electron chi connectivity index (χ0n) is 13.7. The molecule has 130 valence electrons. The summed E-state index contributed by atoms with van der Waals surface area (Å²) in [4.78, 5) is 26.8. The Morgan fingerprint density at radius 1 is 1.27 bits per heavy atom. The summed E-state index contributed by atoms with van der Waals surface area (Å²) in [6, 6.07) is 12.2. The number of nitrogens with zero attached hydrogens (tertiary/aromatic N) is 2. The van der Waals surface area contributed by atoms with E-state index < -0.39 is 23.3 Å². The van der Waals surface area contributed by atoms with Crippen molar-refractivity contribution in [2.24, 2.45) is 0 Å². The molecule has 1 N–H and O–H groups in total. The number of rotatable bonds is 2. The lowest BCUT2D eigenvalue weighted by Gasteiger charge is -2.33. The number of para-hydroxylation sites is 1. The Morgan fingerprint density at radius 3 is 2.88 bits per heavy atom. The molecule has 4 rings (SSSR count). The van der Waals surface area contributed by atoms with Crippen LogP contribution in [0, 0.1) is 17.1 Å². The number of urea groups is 1. The van der Waals surface area contributed by atoms with Crippen molar-refractivity contribution in [3.05, 3.63) is 65.0 Å². The van der Waals surface area contributed by atoms with E-state index in [1.54, 1.807) is 24.3 Å². The second-order valence-electron chi connectivity index (χ2n) is 6.23. The number of hydrogen-bond acceptors (Lipinski definition) is 4. The van der Waals surface area contributed by atoms with Gasteiger partial charge in [-0.05, 0) is 23.8 Å². The zero-order chi connectivity index (χ0) is 18.3. The van der Waals surface area contributed by atoms with Crippen molar-refractivity contribution in [1.82, 2.24) is 10.2 Å². The van der Waals surface area contributed by atoms with Gasteiger partial charge in [0.15, 0.2) is 5.54 Å². The van der Waals surface area contributed by atoms with E-state index in [1.807, 2.05) is 6.07 Å². The third-order valence-electron chi connectivity index (χ3n) is 4.78. The van der Waals surface area contributed by atoms with Crippen LogP contribution < -0.4 is 10.1 Å². The van der Waals surface area contributed by atoms with E-state index in [2.05, 4.69) is 5.32 Å². The first-order valence-electron chi connectivity index (χ1n) is 8.10. The number of hydrogen-bond donors (Lipinski definition) is 1. The lowest BCUT2D eigenvalue weighted by molar-refractivity contribution is -0.133. The second-order valence-corrected chi connectivity index (χ2v) is 6.23. The van der Waals surface area contributed by atoms with Gasteiger partial charge in [0.05, 0.1) is 24.8 Å². The first-order valence-corrected chi connectivity index (χ1v) is 8.10. The first-order chi connectivity index (χ1) is 12.5. The summed E-state index contributed by atoms with van der Waals surface area (Å²) in [5.74, 6) is -0.377. The quantitative estimate of drug-likeness (QED) is 0.843. The molecule has 1 unspecified atom stereocenters. The minimum atomic E-state index is -1.17. The number of halogens is 1. The molecule has 0 bridgehead atoms. The van der Waals surface area contributed by atoms with Gasteiger partial charge in [0.25, 0.3) is 5.91 Å². The topological polar surface area (TPSA) is 82.4 Å². The molecule has 26 heavy (non-hydrogen) atoms. The molecular weight excluding hydrogens is 337 g/mol. The highest BCUT2D eigenvalue weighted by Crippen LogP contribution is 2.41. The van der Waals surface area contributed by atoms with Crippen LogP contribution in [0.1, 0.15) is 23.1 Å². The Labute approximate surface area is 148 Å². The maximum Gasteiger partial charge on any atom is 0.325 e. The molecule has 2 aromatic carbocycles. The maximum atomic E-state index is 13.3. The molecule has 1 spiro atoms. The van der Waals surface area contributed by atoms with Crippen LogP contribution >= 0.6 is 0 Å². The van der Waals surface area contributed by atoms with Gasteiger partial charge in [-0.2, -0.15) is 5.26 Å². The van der Waals surface area contributed by atoms with Crippen molar-refractivity contribution in [3.8, 4) is 11.8 Å². The predicted molar refractivity (Wildman–Crippen MR) is 88.4 cm³/mol. The van der Waals surface area contributed by atoms with Crippen molar-refractivity contribution in [3.63, 3.8) is 0 Å². The Bertz CT molecular complexity index is 969. The SMILES string of the molecule is N#Cc1cc(F)ccc1CN1C(=O)NC2(CCOc3ccccc32)C1=O. The van der Waals surface area contributed by atoms with E-state index >= 15 is 0 Å². The van der Waals surface area contributed by atoms with Crippen LogP contribution in [-0.4, -0.2) is 23.4 Å². The third-order valence-corrected chi connectivity index (χ3v) is 4.78. The van der Waals surface area contributed by atoms with E-state index in [1.165, 1.54) is 12.1 Å². The maximum absolute atomic E-state index is 13.3. The van der Waals surface area contributed by atoms with Crippen molar-refractivity contribution < 1.29 is 18.7 Å². The average Bonchev–Trinajstić information content (AvgIpc) is 2.88. The standard InChI is InChI=1S/C19H14FN3O3/c20-14-6-5-12(13(9-14)10-21)11-23-17(24)19(22-18(23)25)7-8-26-16-4-2-1-3-15(16)19/h1-6,9H,7-8,11H2,(H,22,25). The summed E-state index contributed by atoms with van der Waals surface area (Å²) >= 11 is 0. The molecule has 2 aliphatic heterocycles. The van der Waals surface area contributed by atoms with Gasteiger partial charge in [-0.1, -0.05) is 24.3 Å². The Kier molecular flexibility index (Phi) is 3.62. The van der Waals surface area contributed by atoms with Gasteiger partial charge in [0.1, 0.15) is 11.6 Å². The van der Waals surface area contributed by atoms with Crippen molar-refractivity contribution in [1.29, 1.82) is 5.26 Å². The minimum Gasteiger partial charge on any atom is -0.493 e. The van der Waals surface area contributed by atoms with Gasteiger partial charge in [-0.15, -0.1) is 0 Å². The monoisotopic (exact) mass is 351 g/mol. The summed E-state index contributed by atoms with van der Waals surface area (Å²) in [5.41, 5.74) is -0.0425. The molecule has 2 heterocycles. The molecule has 0 aromatic heterocycles. The number of carbonyl (C=O) groups is 2. The fourth-order valence-corrected chi connectivity index (χ4v) is 3.48. The number of imide groups is 1. The number of carbonyl (C=O) groups excluding carboxylic acids is 2. The fourth-order valence-electron chi connectivity index (χ4n) is 3.48. The summed E-state index contributed by atoms with van der Waals surface area (Å²) in [6.45, 7) is 0.204. The average molecular weight is 351 g/mol. The first kappa shape index (κ1) is 16.1. The largest absolute Gasteiger partial charge is 0.493 e.